The lowest BCUT2D eigenvalue weighted by Gasteiger charge is -2.09. The average Bonchev–Trinajstić information content (AvgIpc) is 2.96. The van der Waals surface area contributed by atoms with Crippen molar-refractivity contribution in [2.75, 3.05) is 5.75 Å². The van der Waals surface area contributed by atoms with Crippen LogP contribution in [0.15, 0.2) is 39.0 Å². The molecule has 132 valence electrons. The van der Waals surface area contributed by atoms with Gasteiger partial charge in [0.15, 0.2) is 11.2 Å². The smallest absolute Gasteiger partial charge is 0.328 e. The van der Waals surface area contributed by atoms with Gasteiger partial charge in [0.2, 0.25) is 0 Å². The Morgan fingerprint density at radius 1 is 1.20 bits per heavy atom. The molecule has 2 aromatic heterocycles. The molecule has 3 aromatic rings. The standard InChI is InChI=1S/C16H16F2N4O2S/c1-20-9-19-14-13(20)15(23)22(16(24)21(14)2)6-3-7-25-12-5-4-10(17)8-11(12)18/h4-5,8-9H,3,6-7H2,1-2H3. The summed E-state index contributed by atoms with van der Waals surface area (Å²) in [6.45, 7) is 0.211. The number of aromatic nitrogens is 4. The summed E-state index contributed by atoms with van der Waals surface area (Å²) >= 11 is 1.22. The van der Waals surface area contributed by atoms with Gasteiger partial charge in [-0.1, -0.05) is 0 Å². The Morgan fingerprint density at radius 2 is 1.96 bits per heavy atom. The van der Waals surface area contributed by atoms with Gasteiger partial charge in [0.05, 0.1) is 6.33 Å². The quantitative estimate of drug-likeness (QED) is 0.511. The molecule has 0 unspecified atom stereocenters. The summed E-state index contributed by atoms with van der Waals surface area (Å²) in [7, 11) is 3.26. The Morgan fingerprint density at radius 3 is 2.68 bits per heavy atom. The highest BCUT2D eigenvalue weighted by atomic mass is 32.2. The molecule has 0 saturated carbocycles. The number of fused-ring (bicyclic) bond motifs is 1. The molecule has 1 aromatic carbocycles. The third-order valence-corrected chi connectivity index (χ3v) is 5.01. The second-order valence-electron chi connectivity index (χ2n) is 5.60. The van der Waals surface area contributed by atoms with Crippen molar-refractivity contribution in [1.29, 1.82) is 0 Å². The monoisotopic (exact) mass is 366 g/mol. The molecule has 2 heterocycles. The molecule has 25 heavy (non-hydrogen) atoms. The first kappa shape index (κ1) is 17.4. The third-order valence-electron chi connectivity index (χ3n) is 3.88. The van der Waals surface area contributed by atoms with E-state index in [1.54, 1.807) is 18.7 Å². The number of halogens is 2. The van der Waals surface area contributed by atoms with Crippen LogP contribution in [0, 0.1) is 11.6 Å². The zero-order chi connectivity index (χ0) is 18.1. The molecule has 0 bridgehead atoms. The molecule has 9 heteroatoms. The Hall–Kier alpha value is -2.42. The third kappa shape index (κ3) is 3.23. The molecular formula is C16H16F2N4O2S. The number of aryl methyl sites for hydroxylation is 2. The molecule has 0 spiro atoms. The van der Waals surface area contributed by atoms with E-state index in [1.807, 2.05) is 0 Å². The van der Waals surface area contributed by atoms with Crippen LogP contribution in [-0.2, 0) is 20.6 Å². The highest BCUT2D eigenvalue weighted by molar-refractivity contribution is 7.99. The summed E-state index contributed by atoms with van der Waals surface area (Å²) < 4.78 is 30.5. The molecule has 0 amide bonds. The van der Waals surface area contributed by atoms with Crippen molar-refractivity contribution in [3.05, 3.63) is 57.0 Å². The van der Waals surface area contributed by atoms with Gasteiger partial charge in [-0.05, 0) is 24.3 Å². The van der Waals surface area contributed by atoms with Crippen molar-refractivity contribution < 1.29 is 8.78 Å². The Balaban J connectivity index is 1.76. The van der Waals surface area contributed by atoms with E-state index in [4.69, 9.17) is 0 Å². The molecule has 0 aliphatic heterocycles. The lowest BCUT2D eigenvalue weighted by atomic mass is 10.3. The maximum Gasteiger partial charge on any atom is 0.332 e. The molecular weight excluding hydrogens is 350 g/mol. The lowest BCUT2D eigenvalue weighted by Crippen LogP contribution is -2.39. The van der Waals surface area contributed by atoms with Crippen molar-refractivity contribution in [1.82, 2.24) is 18.7 Å². The van der Waals surface area contributed by atoms with Gasteiger partial charge in [0, 0.05) is 31.6 Å². The van der Waals surface area contributed by atoms with E-state index in [1.165, 1.54) is 34.8 Å². The molecule has 6 nitrogen and oxygen atoms in total. The van der Waals surface area contributed by atoms with Gasteiger partial charge in [0.25, 0.3) is 5.56 Å². The Labute approximate surface area is 145 Å². The van der Waals surface area contributed by atoms with E-state index >= 15 is 0 Å². The minimum atomic E-state index is -0.624. The minimum Gasteiger partial charge on any atom is -0.328 e. The summed E-state index contributed by atoms with van der Waals surface area (Å²) in [5, 5.41) is 0. The highest BCUT2D eigenvalue weighted by Crippen LogP contribution is 2.22. The molecule has 3 rings (SSSR count). The van der Waals surface area contributed by atoms with Crippen LogP contribution < -0.4 is 11.2 Å². The van der Waals surface area contributed by atoms with Crippen LogP contribution in [0.5, 0.6) is 0 Å². The van der Waals surface area contributed by atoms with E-state index in [0.29, 0.717) is 28.2 Å². The van der Waals surface area contributed by atoms with Gasteiger partial charge in [0.1, 0.15) is 11.6 Å². The van der Waals surface area contributed by atoms with Gasteiger partial charge in [-0.25, -0.2) is 18.6 Å². The number of hydrogen-bond donors (Lipinski definition) is 0. The predicted octanol–water partition coefficient (Wildman–Crippen LogP) is 1.89. The normalized spacial score (nSPS) is 11.4. The largest absolute Gasteiger partial charge is 0.332 e. The number of thioether (sulfide) groups is 1. The van der Waals surface area contributed by atoms with Crippen molar-refractivity contribution >= 4 is 22.9 Å². The van der Waals surface area contributed by atoms with E-state index in [9.17, 15) is 18.4 Å². The SMILES string of the molecule is Cn1cnc2c1c(=O)n(CCCSc1ccc(F)cc1F)c(=O)n2C. The van der Waals surface area contributed by atoms with Crippen LogP contribution >= 0.6 is 11.8 Å². The molecule has 0 atom stereocenters. The lowest BCUT2D eigenvalue weighted by molar-refractivity contribution is 0.565. The van der Waals surface area contributed by atoms with Crippen LogP contribution in [0.1, 0.15) is 6.42 Å². The fourth-order valence-electron chi connectivity index (χ4n) is 2.59. The number of imidazole rings is 1. The van der Waals surface area contributed by atoms with Gasteiger partial charge in [-0.2, -0.15) is 0 Å². The summed E-state index contributed by atoms with van der Waals surface area (Å²) in [4.78, 5) is 29.3. The summed E-state index contributed by atoms with van der Waals surface area (Å²) in [6.07, 6.45) is 1.98. The van der Waals surface area contributed by atoms with Crippen LogP contribution in [0.3, 0.4) is 0 Å². The van der Waals surface area contributed by atoms with Crippen LogP contribution in [0.2, 0.25) is 0 Å². The summed E-state index contributed by atoms with van der Waals surface area (Å²) in [5.41, 5.74) is -0.124. The van der Waals surface area contributed by atoms with Crippen LogP contribution in [0.25, 0.3) is 11.2 Å². The predicted molar refractivity (Wildman–Crippen MR) is 91.9 cm³/mol. The van der Waals surface area contributed by atoms with Crippen molar-refractivity contribution in [3.8, 4) is 0 Å². The number of benzene rings is 1. The van der Waals surface area contributed by atoms with Gasteiger partial charge < -0.3 is 4.57 Å². The number of nitrogens with zero attached hydrogens (tertiary/aromatic N) is 4. The first-order valence-corrected chi connectivity index (χ1v) is 8.57. The first-order valence-electron chi connectivity index (χ1n) is 7.59. The number of hydrogen-bond acceptors (Lipinski definition) is 4. The van der Waals surface area contributed by atoms with E-state index < -0.39 is 22.9 Å². The van der Waals surface area contributed by atoms with Crippen molar-refractivity contribution in [2.45, 2.75) is 17.9 Å². The average molecular weight is 366 g/mol. The maximum absolute atomic E-state index is 13.6. The topological polar surface area (TPSA) is 61.8 Å². The maximum atomic E-state index is 13.6. The van der Waals surface area contributed by atoms with E-state index in [-0.39, 0.29) is 6.54 Å². The van der Waals surface area contributed by atoms with Crippen molar-refractivity contribution in [3.63, 3.8) is 0 Å². The Bertz CT molecular complexity index is 1050. The van der Waals surface area contributed by atoms with E-state index in [2.05, 4.69) is 4.98 Å². The molecule has 0 radical (unpaired) electrons. The molecule has 0 aliphatic carbocycles. The van der Waals surface area contributed by atoms with Crippen LogP contribution in [-0.4, -0.2) is 24.4 Å². The summed E-state index contributed by atoms with van der Waals surface area (Å²) in [6, 6.07) is 3.41. The van der Waals surface area contributed by atoms with Gasteiger partial charge >= 0.3 is 5.69 Å². The molecule has 0 saturated heterocycles. The van der Waals surface area contributed by atoms with Gasteiger partial charge in [-0.3, -0.25) is 13.9 Å². The zero-order valence-electron chi connectivity index (χ0n) is 13.7. The second kappa shape index (κ2) is 6.83. The Kier molecular flexibility index (Phi) is 4.76. The zero-order valence-corrected chi connectivity index (χ0v) is 14.5. The molecule has 0 fully saturated rings. The summed E-state index contributed by atoms with van der Waals surface area (Å²) in [5.74, 6) is -0.752. The molecule has 0 aliphatic rings. The highest BCUT2D eigenvalue weighted by Gasteiger charge is 2.14. The first-order chi connectivity index (χ1) is 11.9. The van der Waals surface area contributed by atoms with Crippen molar-refractivity contribution in [2.24, 2.45) is 14.1 Å². The fourth-order valence-corrected chi connectivity index (χ4v) is 3.44. The second-order valence-corrected chi connectivity index (χ2v) is 6.74. The fraction of sp³-hybridized carbons (Fsp3) is 0.312. The van der Waals surface area contributed by atoms with Gasteiger partial charge in [-0.15, -0.1) is 11.8 Å². The minimum absolute atomic E-state index is 0.211. The van der Waals surface area contributed by atoms with Crippen LogP contribution in [0.4, 0.5) is 8.78 Å². The molecule has 0 N–H and O–H groups in total. The number of rotatable bonds is 5. The van der Waals surface area contributed by atoms with E-state index in [0.717, 1.165) is 10.6 Å².